The highest BCUT2D eigenvalue weighted by molar-refractivity contribution is 4.86. The fourth-order valence-corrected chi connectivity index (χ4v) is 0.0645. The van der Waals surface area contributed by atoms with Gasteiger partial charge in [0.1, 0.15) is 0 Å². The zero-order chi connectivity index (χ0) is 5.91. The fourth-order valence-electron chi connectivity index (χ4n) is 0.0645. The summed E-state index contributed by atoms with van der Waals surface area (Å²) in [6, 6.07) is 0. The van der Waals surface area contributed by atoms with Crippen molar-refractivity contribution in [3.8, 4) is 0 Å². The Bertz CT molecular complexity index is 64.6. The Balaban J connectivity index is 3.58. The highest BCUT2D eigenvalue weighted by Gasteiger charge is 2.08. The molecule has 0 saturated heterocycles. The van der Waals surface area contributed by atoms with Gasteiger partial charge in [0, 0.05) is 5.41 Å². The lowest BCUT2D eigenvalue weighted by Crippen LogP contribution is -2.11. The van der Waals surface area contributed by atoms with Gasteiger partial charge in [0.15, 0.2) is 0 Å². The van der Waals surface area contributed by atoms with E-state index in [4.69, 9.17) is 5.11 Å². The van der Waals surface area contributed by atoms with Crippen LogP contribution in [0.25, 0.3) is 0 Å². The average Bonchev–Trinajstić information content (AvgIpc) is 1.68. The van der Waals surface area contributed by atoms with Crippen LogP contribution in [0.5, 0.6) is 0 Å². The molecule has 0 spiro atoms. The molecule has 1 heteroatoms. The molecular weight excluding hydrogens is 88.1 g/mol. The first-order valence-electron chi connectivity index (χ1n) is 2.37. The maximum Gasteiger partial charge on any atom is 0.0516 e. The maximum absolute atomic E-state index is 8.52. The van der Waals surface area contributed by atoms with Gasteiger partial charge in [-0.15, -0.1) is 6.58 Å². The van der Waals surface area contributed by atoms with Crippen molar-refractivity contribution >= 4 is 0 Å². The number of aliphatic hydroxyl groups is 1. The molecule has 0 aliphatic heterocycles. The normalized spacial score (nSPS) is 11.3. The summed E-state index contributed by atoms with van der Waals surface area (Å²) in [5.41, 5.74) is -0.0972. The molecule has 0 atom stereocenters. The van der Waals surface area contributed by atoms with Crippen LogP contribution < -0.4 is 0 Å². The Kier molecular flexibility index (Phi) is 2.03. The lowest BCUT2D eigenvalue weighted by atomic mass is 9.96. The summed E-state index contributed by atoms with van der Waals surface area (Å²) in [6.45, 7) is 7.58. The lowest BCUT2D eigenvalue weighted by Gasteiger charge is -2.13. The van der Waals surface area contributed by atoms with Crippen LogP contribution in [0.2, 0.25) is 0 Å². The third-order valence-corrected chi connectivity index (χ3v) is 0.960. The molecule has 1 N–H and O–H groups in total. The van der Waals surface area contributed by atoms with E-state index in [1.165, 1.54) is 0 Å². The summed E-state index contributed by atoms with van der Waals surface area (Å²) >= 11 is 0. The molecule has 0 amide bonds. The first-order chi connectivity index (χ1) is 3.12. The van der Waals surface area contributed by atoms with Gasteiger partial charge in [0.25, 0.3) is 0 Å². The molecule has 0 aromatic heterocycles. The minimum absolute atomic E-state index is 0.0972. The molecule has 0 rings (SSSR count). The molecule has 0 radical (unpaired) electrons. The van der Waals surface area contributed by atoms with Crippen molar-refractivity contribution in [1.82, 2.24) is 0 Å². The smallest absolute Gasteiger partial charge is 0.0516 e. The van der Waals surface area contributed by atoms with Gasteiger partial charge in [-0.3, -0.25) is 0 Å². The zero-order valence-electron chi connectivity index (χ0n) is 4.94. The van der Waals surface area contributed by atoms with Crippen LogP contribution in [0.4, 0.5) is 0 Å². The average molecular weight is 100 g/mol. The van der Waals surface area contributed by atoms with Crippen LogP contribution in [0, 0.1) is 5.41 Å². The maximum atomic E-state index is 8.52. The molecule has 0 aromatic carbocycles. The van der Waals surface area contributed by atoms with Gasteiger partial charge in [-0.1, -0.05) is 19.9 Å². The molecule has 0 unspecified atom stereocenters. The predicted molar refractivity (Wildman–Crippen MR) is 31.1 cm³/mol. The van der Waals surface area contributed by atoms with Crippen LogP contribution in [0.15, 0.2) is 12.7 Å². The molecule has 0 heterocycles. The van der Waals surface area contributed by atoms with E-state index in [9.17, 15) is 0 Å². The van der Waals surface area contributed by atoms with Gasteiger partial charge >= 0.3 is 0 Å². The molecule has 0 bridgehead atoms. The first-order valence-corrected chi connectivity index (χ1v) is 2.37. The largest absolute Gasteiger partial charge is 0.395 e. The summed E-state index contributed by atoms with van der Waals surface area (Å²) in [4.78, 5) is 0. The van der Waals surface area contributed by atoms with Gasteiger partial charge < -0.3 is 5.11 Å². The Labute approximate surface area is 44.7 Å². The monoisotopic (exact) mass is 100 g/mol. The van der Waals surface area contributed by atoms with Crippen molar-refractivity contribution < 1.29 is 5.11 Å². The number of hydrogen-bond acceptors (Lipinski definition) is 1. The molecule has 0 aromatic rings. The quantitative estimate of drug-likeness (QED) is 0.517. The topological polar surface area (TPSA) is 20.2 Å². The Morgan fingerprint density at radius 1 is 1.71 bits per heavy atom. The van der Waals surface area contributed by atoms with E-state index in [0.29, 0.717) is 0 Å². The predicted octanol–water partition coefficient (Wildman–Crippen LogP) is 1.19. The summed E-state index contributed by atoms with van der Waals surface area (Å²) in [5, 5.41) is 8.52. The Hall–Kier alpha value is -0.300. The number of hydrogen-bond donors (Lipinski definition) is 1. The van der Waals surface area contributed by atoms with Crippen LogP contribution >= 0.6 is 0 Å². The molecule has 0 fully saturated rings. The summed E-state index contributed by atoms with van der Waals surface area (Å²) in [7, 11) is 0. The third-order valence-electron chi connectivity index (χ3n) is 0.960. The molecule has 0 saturated carbocycles. The summed E-state index contributed by atoms with van der Waals surface area (Å²) in [5.74, 6) is 0. The highest BCUT2D eigenvalue weighted by atomic mass is 16.3. The van der Waals surface area contributed by atoms with E-state index in [0.717, 1.165) is 0 Å². The SMILES string of the molecule is C=CC(C)(C)CO. The standard InChI is InChI=1S/C6H12O/c1-4-6(2,3)5-7/h4,7H,1,5H2,2-3H3. The van der Waals surface area contributed by atoms with Crippen molar-refractivity contribution in [2.45, 2.75) is 13.8 Å². The Morgan fingerprint density at radius 3 is 2.14 bits per heavy atom. The van der Waals surface area contributed by atoms with Crippen molar-refractivity contribution in [1.29, 1.82) is 0 Å². The van der Waals surface area contributed by atoms with E-state index >= 15 is 0 Å². The number of rotatable bonds is 2. The molecule has 1 nitrogen and oxygen atoms in total. The van der Waals surface area contributed by atoms with Crippen molar-refractivity contribution in [3.63, 3.8) is 0 Å². The van der Waals surface area contributed by atoms with Crippen LogP contribution in [-0.4, -0.2) is 11.7 Å². The highest BCUT2D eigenvalue weighted by Crippen LogP contribution is 2.12. The second-order valence-electron chi connectivity index (χ2n) is 2.35. The van der Waals surface area contributed by atoms with Crippen LogP contribution in [0.1, 0.15) is 13.8 Å². The van der Waals surface area contributed by atoms with Crippen LogP contribution in [-0.2, 0) is 0 Å². The molecule has 42 valence electrons. The lowest BCUT2D eigenvalue weighted by molar-refractivity contribution is 0.200. The third kappa shape index (κ3) is 2.40. The van der Waals surface area contributed by atoms with Crippen LogP contribution in [0.3, 0.4) is 0 Å². The molecule has 0 aliphatic carbocycles. The van der Waals surface area contributed by atoms with E-state index in [-0.39, 0.29) is 12.0 Å². The van der Waals surface area contributed by atoms with E-state index in [2.05, 4.69) is 6.58 Å². The van der Waals surface area contributed by atoms with Crippen molar-refractivity contribution in [2.75, 3.05) is 6.61 Å². The van der Waals surface area contributed by atoms with E-state index < -0.39 is 0 Å². The van der Waals surface area contributed by atoms with Gasteiger partial charge in [0.05, 0.1) is 6.61 Å². The van der Waals surface area contributed by atoms with Gasteiger partial charge in [-0.2, -0.15) is 0 Å². The molecular formula is C6H12O. The first kappa shape index (κ1) is 6.70. The number of aliphatic hydroxyl groups excluding tert-OH is 1. The minimum atomic E-state index is -0.0972. The Morgan fingerprint density at radius 2 is 2.14 bits per heavy atom. The summed E-state index contributed by atoms with van der Waals surface area (Å²) in [6.07, 6.45) is 1.74. The van der Waals surface area contributed by atoms with Gasteiger partial charge in [-0.05, 0) is 0 Å². The van der Waals surface area contributed by atoms with Crippen molar-refractivity contribution in [3.05, 3.63) is 12.7 Å². The second kappa shape index (κ2) is 2.12. The second-order valence-corrected chi connectivity index (χ2v) is 2.35. The molecule has 7 heavy (non-hydrogen) atoms. The van der Waals surface area contributed by atoms with E-state index in [1.54, 1.807) is 6.08 Å². The van der Waals surface area contributed by atoms with Gasteiger partial charge in [-0.25, -0.2) is 0 Å². The van der Waals surface area contributed by atoms with Crippen molar-refractivity contribution in [2.24, 2.45) is 5.41 Å². The van der Waals surface area contributed by atoms with Gasteiger partial charge in [0.2, 0.25) is 0 Å². The van der Waals surface area contributed by atoms with E-state index in [1.807, 2.05) is 13.8 Å². The summed E-state index contributed by atoms with van der Waals surface area (Å²) < 4.78 is 0. The minimum Gasteiger partial charge on any atom is -0.395 e. The zero-order valence-corrected chi connectivity index (χ0v) is 4.94. The fraction of sp³-hybridized carbons (Fsp3) is 0.667. The molecule has 0 aliphatic rings.